The minimum atomic E-state index is -0.882. The molecule has 1 aliphatic carbocycles. The number of para-hydroxylation sites is 1. The van der Waals surface area contributed by atoms with Crippen molar-refractivity contribution in [2.24, 2.45) is 0 Å². The highest BCUT2D eigenvalue weighted by atomic mass is 16.4. The van der Waals surface area contributed by atoms with Crippen LogP contribution in [-0.4, -0.2) is 20.9 Å². The molecule has 104 valence electrons. The Bertz CT molecular complexity index is 598. The Morgan fingerprint density at radius 1 is 1.15 bits per heavy atom. The first-order valence-electron chi connectivity index (χ1n) is 7.14. The third-order valence-electron chi connectivity index (χ3n) is 4.03. The van der Waals surface area contributed by atoms with Crippen molar-refractivity contribution in [2.75, 3.05) is 0 Å². The van der Waals surface area contributed by atoms with Gasteiger partial charge in [-0.1, -0.05) is 37.5 Å². The average Bonchev–Trinajstić information content (AvgIpc) is 2.94. The quantitative estimate of drug-likeness (QED) is 0.926. The van der Waals surface area contributed by atoms with Crippen molar-refractivity contribution in [3.05, 3.63) is 47.8 Å². The van der Waals surface area contributed by atoms with Crippen LogP contribution in [0, 0.1) is 0 Å². The molecule has 0 aliphatic heterocycles. The zero-order valence-electron chi connectivity index (χ0n) is 11.3. The lowest BCUT2D eigenvalue weighted by Crippen LogP contribution is -2.14. The second kappa shape index (κ2) is 5.49. The number of rotatable bonds is 3. The van der Waals surface area contributed by atoms with Crippen molar-refractivity contribution in [3.8, 4) is 5.69 Å². The molecule has 1 aliphatic rings. The summed E-state index contributed by atoms with van der Waals surface area (Å²) in [6.07, 6.45) is 7.18. The molecule has 1 aromatic heterocycles. The Balaban J connectivity index is 2.08. The van der Waals surface area contributed by atoms with E-state index in [0.717, 1.165) is 24.2 Å². The molecule has 20 heavy (non-hydrogen) atoms. The maximum atomic E-state index is 11.5. The van der Waals surface area contributed by atoms with Crippen LogP contribution >= 0.6 is 0 Å². The van der Waals surface area contributed by atoms with Crippen LogP contribution in [0.25, 0.3) is 5.69 Å². The third-order valence-corrected chi connectivity index (χ3v) is 4.03. The fourth-order valence-corrected chi connectivity index (χ4v) is 3.07. The molecule has 1 N–H and O–H groups in total. The second-order valence-corrected chi connectivity index (χ2v) is 5.33. The molecule has 1 saturated carbocycles. The SMILES string of the molecule is O=C(O)c1cnn(-c2ccccc2)c1C1CCCCC1. The minimum Gasteiger partial charge on any atom is -0.478 e. The number of hydrogen-bond donors (Lipinski definition) is 1. The largest absolute Gasteiger partial charge is 0.478 e. The first-order chi connectivity index (χ1) is 9.77. The molecule has 1 aromatic carbocycles. The Morgan fingerprint density at radius 3 is 2.50 bits per heavy atom. The monoisotopic (exact) mass is 270 g/mol. The Labute approximate surface area is 118 Å². The maximum absolute atomic E-state index is 11.5. The van der Waals surface area contributed by atoms with E-state index in [1.165, 1.54) is 25.5 Å². The third kappa shape index (κ3) is 2.33. The van der Waals surface area contributed by atoms with E-state index in [1.54, 1.807) is 4.68 Å². The highest BCUT2D eigenvalue weighted by Gasteiger charge is 2.26. The van der Waals surface area contributed by atoms with Gasteiger partial charge >= 0.3 is 5.97 Å². The predicted molar refractivity (Wildman–Crippen MR) is 76.3 cm³/mol. The summed E-state index contributed by atoms with van der Waals surface area (Å²) in [5, 5.41) is 13.7. The van der Waals surface area contributed by atoms with Gasteiger partial charge in [0.25, 0.3) is 0 Å². The Kier molecular flexibility index (Phi) is 3.54. The van der Waals surface area contributed by atoms with Gasteiger partial charge in [0.1, 0.15) is 5.56 Å². The van der Waals surface area contributed by atoms with Crippen LogP contribution in [-0.2, 0) is 0 Å². The average molecular weight is 270 g/mol. The lowest BCUT2D eigenvalue weighted by Gasteiger charge is -2.23. The number of carboxylic acids is 1. The van der Waals surface area contributed by atoms with Crippen molar-refractivity contribution in [1.82, 2.24) is 9.78 Å². The first kappa shape index (κ1) is 12.9. The molecular weight excluding hydrogens is 252 g/mol. The topological polar surface area (TPSA) is 55.1 Å². The summed E-state index contributed by atoms with van der Waals surface area (Å²) < 4.78 is 1.80. The van der Waals surface area contributed by atoms with Crippen molar-refractivity contribution in [1.29, 1.82) is 0 Å². The van der Waals surface area contributed by atoms with Gasteiger partial charge in [-0.2, -0.15) is 5.10 Å². The number of nitrogens with zero attached hydrogens (tertiary/aromatic N) is 2. The van der Waals surface area contributed by atoms with E-state index in [-0.39, 0.29) is 0 Å². The molecular formula is C16H18N2O2. The minimum absolute atomic E-state index is 0.303. The zero-order chi connectivity index (χ0) is 13.9. The number of hydrogen-bond acceptors (Lipinski definition) is 2. The molecule has 1 fully saturated rings. The lowest BCUT2D eigenvalue weighted by atomic mass is 9.85. The Hall–Kier alpha value is -2.10. The zero-order valence-corrected chi connectivity index (χ0v) is 11.3. The summed E-state index contributed by atoms with van der Waals surface area (Å²) in [5.74, 6) is -0.578. The van der Waals surface area contributed by atoms with Gasteiger partial charge in [0, 0.05) is 5.92 Å². The van der Waals surface area contributed by atoms with Crippen LogP contribution in [0.5, 0.6) is 0 Å². The van der Waals surface area contributed by atoms with Crippen LogP contribution in [0.15, 0.2) is 36.5 Å². The van der Waals surface area contributed by atoms with E-state index in [2.05, 4.69) is 5.10 Å². The first-order valence-corrected chi connectivity index (χ1v) is 7.14. The maximum Gasteiger partial charge on any atom is 0.339 e. The van der Waals surface area contributed by atoms with Gasteiger partial charge in [-0.05, 0) is 25.0 Å². The summed E-state index contributed by atoms with van der Waals surface area (Å²) in [5.41, 5.74) is 2.14. The van der Waals surface area contributed by atoms with Crippen molar-refractivity contribution < 1.29 is 9.90 Å². The van der Waals surface area contributed by atoms with Gasteiger partial charge in [0.05, 0.1) is 17.6 Å². The van der Waals surface area contributed by atoms with E-state index in [9.17, 15) is 9.90 Å². The highest BCUT2D eigenvalue weighted by Crippen LogP contribution is 2.35. The van der Waals surface area contributed by atoms with Crippen LogP contribution in [0.1, 0.15) is 54.1 Å². The number of aromatic nitrogens is 2. The van der Waals surface area contributed by atoms with Crippen LogP contribution in [0.2, 0.25) is 0 Å². The van der Waals surface area contributed by atoms with Gasteiger partial charge in [-0.25, -0.2) is 9.48 Å². The van der Waals surface area contributed by atoms with E-state index >= 15 is 0 Å². The molecule has 0 atom stereocenters. The predicted octanol–water partition coefficient (Wildman–Crippen LogP) is 3.62. The standard InChI is InChI=1S/C16H18N2O2/c19-16(20)14-11-17-18(13-9-5-2-6-10-13)15(14)12-7-3-1-4-8-12/h2,5-6,9-12H,1,3-4,7-8H2,(H,19,20). The number of carbonyl (C=O) groups is 1. The number of benzene rings is 1. The summed E-state index contributed by atoms with van der Waals surface area (Å²) in [4.78, 5) is 11.5. The molecule has 4 nitrogen and oxygen atoms in total. The van der Waals surface area contributed by atoms with E-state index in [1.807, 2.05) is 30.3 Å². The van der Waals surface area contributed by atoms with Crippen LogP contribution in [0.4, 0.5) is 0 Å². The van der Waals surface area contributed by atoms with Gasteiger partial charge in [0.15, 0.2) is 0 Å². The van der Waals surface area contributed by atoms with Gasteiger partial charge in [-0.15, -0.1) is 0 Å². The summed E-state index contributed by atoms with van der Waals surface area (Å²) >= 11 is 0. The van der Waals surface area contributed by atoms with Crippen LogP contribution in [0.3, 0.4) is 0 Å². The summed E-state index contributed by atoms with van der Waals surface area (Å²) in [7, 11) is 0. The molecule has 0 amide bonds. The molecule has 4 heteroatoms. The second-order valence-electron chi connectivity index (χ2n) is 5.33. The molecule has 1 heterocycles. The van der Waals surface area contributed by atoms with E-state index in [4.69, 9.17) is 0 Å². The molecule has 2 aromatic rings. The van der Waals surface area contributed by atoms with Gasteiger partial charge < -0.3 is 5.11 Å². The smallest absolute Gasteiger partial charge is 0.339 e. The molecule has 0 bridgehead atoms. The van der Waals surface area contributed by atoms with Crippen molar-refractivity contribution >= 4 is 5.97 Å². The molecule has 0 radical (unpaired) electrons. The van der Waals surface area contributed by atoms with E-state index < -0.39 is 5.97 Å². The lowest BCUT2D eigenvalue weighted by molar-refractivity contribution is 0.0694. The van der Waals surface area contributed by atoms with Crippen molar-refractivity contribution in [3.63, 3.8) is 0 Å². The normalized spacial score (nSPS) is 16.2. The summed E-state index contributed by atoms with van der Waals surface area (Å²) in [6.45, 7) is 0. The van der Waals surface area contributed by atoms with E-state index in [0.29, 0.717) is 11.5 Å². The molecule has 3 rings (SSSR count). The Morgan fingerprint density at radius 2 is 1.85 bits per heavy atom. The molecule has 0 saturated heterocycles. The fourth-order valence-electron chi connectivity index (χ4n) is 3.07. The molecule has 0 unspecified atom stereocenters. The number of carboxylic acid groups (broad SMARTS) is 1. The fraction of sp³-hybridized carbons (Fsp3) is 0.375. The highest BCUT2D eigenvalue weighted by molar-refractivity contribution is 5.89. The molecule has 0 spiro atoms. The van der Waals surface area contributed by atoms with Gasteiger partial charge in [0.2, 0.25) is 0 Å². The van der Waals surface area contributed by atoms with Gasteiger partial charge in [-0.3, -0.25) is 0 Å². The van der Waals surface area contributed by atoms with Crippen molar-refractivity contribution in [2.45, 2.75) is 38.0 Å². The van der Waals surface area contributed by atoms with Crippen LogP contribution < -0.4 is 0 Å². The summed E-state index contributed by atoms with van der Waals surface area (Å²) in [6, 6.07) is 9.77. The number of aromatic carboxylic acids is 1.